The summed E-state index contributed by atoms with van der Waals surface area (Å²) in [5.41, 5.74) is 2.68. The fourth-order valence-electron chi connectivity index (χ4n) is 2.20. The van der Waals surface area contributed by atoms with Gasteiger partial charge in [-0.15, -0.1) is 0 Å². The molecule has 0 fully saturated rings. The number of aromatic nitrogens is 2. The Morgan fingerprint density at radius 3 is 2.60 bits per heavy atom. The molecular weight excluding hydrogens is 250 g/mol. The normalized spacial score (nSPS) is 14.7. The second-order valence-electron chi connectivity index (χ2n) is 4.66. The highest BCUT2D eigenvalue weighted by Crippen LogP contribution is 2.22. The number of benzene rings is 1. The Hall–Kier alpha value is -2.20. The zero-order valence-corrected chi connectivity index (χ0v) is 11.2. The van der Waals surface area contributed by atoms with Crippen LogP contribution in [0.2, 0.25) is 0 Å². The van der Waals surface area contributed by atoms with Crippen molar-refractivity contribution in [2.75, 3.05) is 13.1 Å². The molecule has 102 valence electrons. The summed E-state index contributed by atoms with van der Waals surface area (Å²) in [6.07, 6.45) is 6.77. The van der Waals surface area contributed by atoms with Gasteiger partial charge >= 0.3 is 0 Å². The summed E-state index contributed by atoms with van der Waals surface area (Å²) in [6, 6.07) is 10.0. The molecule has 0 unspecified atom stereocenters. The van der Waals surface area contributed by atoms with E-state index in [4.69, 9.17) is 4.74 Å². The molecule has 20 heavy (non-hydrogen) atoms. The lowest BCUT2D eigenvalue weighted by Gasteiger charge is -2.14. The molecule has 0 spiro atoms. The van der Waals surface area contributed by atoms with Crippen LogP contribution in [0.1, 0.15) is 17.8 Å². The predicted molar refractivity (Wildman–Crippen MR) is 78.3 cm³/mol. The first-order valence-electron chi connectivity index (χ1n) is 6.81. The molecule has 2 heterocycles. The summed E-state index contributed by atoms with van der Waals surface area (Å²) in [5.74, 6) is 1.54. The van der Waals surface area contributed by atoms with Crippen LogP contribution in [0.15, 0.2) is 48.8 Å². The third kappa shape index (κ3) is 3.22. The first-order valence-corrected chi connectivity index (χ1v) is 6.81. The number of rotatable bonds is 4. The molecule has 4 nitrogen and oxygen atoms in total. The SMILES string of the molecule is C1=C(c2ccc(OCc3ncccn3)cc2)CCNC1. The van der Waals surface area contributed by atoms with E-state index >= 15 is 0 Å². The number of hydrogen-bond donors (Lipinski definition) is 1. The van der Waals surface area contributed by atoms with Crippen LogP contribution in [-0.4, -0.2) is 23.1 Å². The topological polar surface area (TPSA) is 47.0 Å². The van der Waals surface area contributed by atoms with E-state index in [0.29, 0.717) is 12.4 Å². The highest BCUT2D eigenvalue weighted by Gasteiger charge is 2.05. The van der Waals surface area contributed by atoms with Crippen molar-refractivity contribution < 1.29 is 4.74 Å². The van der Waals surface area contributed by atoms with Gasteiger partial charge in [-0.05, 0) is 42.3 Å². The summed E-state index contributed by atoms with van der Waals surface area (Å²) in [6.45, 7) is 2.40. The van der Waals surface area contributed by atoms with Crippen LogP contribution < -0.4 is 10.1 Å². The summed E-state index contributed by atoms with van der Waals surface area (Å²) in [5, 5.41) is 3.32. The molecule has 1 N–H and O–H groups in total. The Balaban J connectivity index is 1.63. The number of hydrogen-bond acceptors (Lipinski definition) is 4. The number of nitrogens with zero attached hydrogens (tertiary/aromatic N) is 2. The average molecular weight is 267 g/mol. The maximum atomic E-state index is 5.68. The minimum absolute atomic E-state index is 0.396. The first kappa shape index (κ1) is 12.8. The second-order valence-corrected chi connectivity index (χ2v) is 4.66. The summed E-state index contributed by atoms with van der Waals surface area (Å²) >= 11 is 0. The molecule has 0 amide bonds. The lowest BCUT2D eigenvalue weighted by Crippen LogP contribution is -2.19. The van der Waals surface area contributed by atoms with E-state index in [-0.39, 0.29) is 0 Å². The summed E-state index contributed by atoms with van der Waals surface area (Å²) in [7, 11) is 0. The number of nitrogens with one attached hydrogen (secondary N) is 1. The standard InChI is InChI=1S/C16H17N3O/c1-8-18-16(19-9-1)12-20-15-4-2-13(3-5-15)14-6-10-17-11-7-14/h1-6,8-9,17H,7,10-12H2. The Bertz CT molecular complexity index is 578. The third-order valence-corrected chi connectivity index (χ3v) is 3.28. The second kappa shape index (κ2) is 6.30. The van der Waals surface area contributed by atoms with Gasteiger partial charge in [-0.2, -0.15) is 0 Å². The summed E-state index contributed by atoms with van der Waals surface area (Å²) < 4.78 is 5.68. The molecule has 0 saturated heterocycles. The van der Waals surface area contributed by atoms with Crippen molar-refractivity contribution in [3.63, 3.8) is 0 Å². The Labute approximate surface area is 118 Å². The van der Waals surface area contributed by atoms with E-state index in [1.807, 2.05) is 12.1 Å². The van der Waals surface area contributed by atoms with Crippen LogP contribution in [0.25, 0.3) is 5.57 Å². The fourth-order valence-corrected chi connectivity index (χ4v) is 2.20. The molecule has 0 radical (unpaired) electrons. The molecule has 0 saturated carbocycles. The van der Waals surface area contributed by atoms with Crippen LogP contribution in [0.5, 0.6) is 5.75 Å². The van der Waals surface area contributed by atoms with E-state index in [1.54, 1.807) is 18.5 Å². The van der Waals surface area contributed by atoms with Gasteiger partial charge in [0.1, 0.15) is 12.4 Å². The van der Waals surface area contributed by atoms with Crippen molar-refractivity contribution in [1.29, 1.82) is 0 Å². The van der Waals surface area contributed by atoms with Crippen molar-refractivity contribution in [3.05, 3.63) is 60.2 Å². The van der Waals surface area contributed by atoms with Crippen LogP contribution >= 0.6 is 0 Å². The molecule has 3 rings (SSSR count). The van der Waals surface area contributed by atoms with Crippen LogP contribution in [-0.2, 0) is 6.61 Å². The fraction of sp³-hybridized carbons (Fsp3) is 0.250. The van der Waals surface area contributed by atoms with Crippen LogP contribution in [0.4, 0.5) is 0 Å². The van der Waals surface area contributed by atoms with Crippen molar-refractivity contribution in [2.45, 2.75) is 13.0 Å². The van der Waals surface area contributed by atoms with Crippen molar-refractivity contribution >= 4 is 5.57 Å². The molecule has 2 aromatic rings. The molecule has 1 aromatic carbocycles. The third-order valence-electron chi connectivity index (χ3n) is 3.28. The van der Waals surface area contributed by atoms with Gasteiger partial charge in [-0.3, -0.25) is 0 Å². The van der Waals surface area contributed by atoms with Gasteiger partial charge in [0.15, 0.2) is 5.82 Å². The van der Waals surface area contributed by atoms with Crippen molar-refractivity contribution in [3.8, 4) is 5.75 Å². The lowest BCUT2D eigenvalue weighted by atomic mass is 10.0. The maximum absolute atomic E-state index is 5.68. The minimum atomic E-state index is 0.396. The van der Waals surface area contributed by atoms with Gasteiger partial charge in [0.2, 0.25) is 0 Å². The molecule has 0 bridgehead atoms. The van der Waals surface area contributed by atoms with Gasteiger partial charge in [-0.25, -0.2) is 9.97 Å². The smallest absolute Gasteiger partial charge is 0.166 e. The minimum Gasteiger partial charge on any atom is -0.486 e. The molecule has 1 aliphatic heterocycles. The highest BCUT2D eigenvalue weighted by atomic mass is 16.5. The lowest BCUT2D eigenvalue weighted by molar-refractivity contribution is 0.296. The van der Waals surface area contributed by atoms with Crippen molar-refractivity contribution in [1.82, 2.24) is 15.3 Å². The zero-order valence-electron chi connectivity index (χ0n) is 11.2. The average Bonchev–Trinajstić information content (AvgIpc) is 2.55. The van der Waals surface area contributed by atoms with Gasteiger partial charge in [0.05, 0.1) is 0 Å². The Kier molecular flexibility index (Phi) is 4.04. The van der Waals surface area contributed by atoms with E-state index < -0.39 is 0 Å². The van der Waals surface area contributed by atoms with E-state index in [0.717, 1.165) is 25.3 Å². The highest BCUT2D eigenvalue weighted by molar-refractivity contribution is 5.67. The summed E-state index contributed by atoms with van der Waals surface area (Å²) in [4.78, 5) is 8.27. The molecule has 1 aliphatic rings. The quantitative estimate of drug-likeness (QED) is 0.924. The molecule has 4 heteroatoms. The maximum Gasteiger partial charge on any atom is 0.166 e. The van der Waals surface area contributed by atoms with Gasteiger partial charge in [0, 0.05) is 18.9 Å². The first-order chi connectivity index (χ1) is 9.92. The molecule has 0 atom stereocenters. The van der Waals surface area contributed by atoms with Crippen LogP contribution in [0.3, 0.4) is 0 Å². The van der Waals surface area contributed by atoms with Gasteiger partial charge in [0.25, 0.3) is 0 Å². The monoisotopic (exact) mass is 267 g/mol. The Morgan fingerprint density at radius 2 is 1.90 bits per heavy atom. The van der Waals surface area contributed by atoms with Crippen LogP contribution in [0, 0.1) is 0 Å². The van der Waals surface area contributed by atoms with Gasteiger partial charge < -0.3 is 10.1 Å². The predicted octanol–water partition coefficient (Wildman–Crippen LogP) is 2.43. The van der Waals surface area contributed by atoms with E-state index in [1.165, 1.54) is 11.1 Å². The van der Waals surface area contributed by atoms with Gasteiger partial charge in [-0.1, -0.05) is 18.2 Å². The Morgan fingerprint density at radius 1 is 1.10 bits per heavy atom. The van der Waals surface area contributed by atoms with E-state index in [9.17, 15) is 0 Å². The molecule has 1 aromatic heterocycles. The largest absolute Gasteiger partial charge is 0.486 e. The molecular formula is C16H17N3O. The van der Waals surface area contributed by atoms with Crippen molar-refractivity contribution in [2.24, 2.45) is 0 Å². The van der Waals surface area contributed by atoms with E-state index in [2.05, 4.69) is 33.5 Å². The molecule has 0 aliphatic carbocycles. The number of ether oxygens (including phenoxy) is 1. The zero-order chi connectivity index (χ0) is 13.6.